The average Bonchev–Trinajstić information content (AvgIpc) is 2.47. The van der Waals surface area contributed by atoms with Crippen LogP contribution in [0.4, 0.5) is 0 Å². The van der Waals surface area contributed by atoms with Crippen LogP contribution < -0.4 is 0 Å². The van der Waals surface area contributed by atoms with Crippen molar-refractivity contribution in [1.29, 1.82) is 0 Å². The normalized spacial score (nSPS) is 23.7. The summed E-state index contributed by atoms with van der Waals surface area (Å²) in [7, 11) is 0. The molecule has 0 N–H and O–H groups in total. The van der Waals surface area contributed by atoms with E-state index in [1.54, 1.807) is 0 Å². The van der Waals surface area contributed by atoms with E-state index in [4.69, 9.17) is 0 Å². The number of rotatable bonds is 8. The molecular weight excluding hydrogens is 276 g/mol. The molecule has 0 heterocycles. The van der Waals surface area contributed by atoms with E-state index < -0.39 is 0 Å². The largest absolute Gasteiger partial charge is 0.0625 e. The summed E-state index contributed by atoms with van der Waals surface area (Å²) < 4.78 is 0. The van der Waals surface area contributed by atoms with E-state index in [0.717, 1.165) is 53.3 Å². The Morgan fingerprint density at radius 2 is 0.652 bits per heavy atom. The standard InChI is InChI=1S/C23H48/c1-14(2)15(3)16(4)17(5)18(6)19(7)20(8)21(9)22(10)23(11,12)13/h14-22H,1-13H3. The van der Waals surface area contributed by atoms with Crippen LogP contribution in [0, 0.1) is 58.7 Å². The molecule has 0 heteroatoms. The van der Waals surface area contributed by atoms with Crippen molar-refractivity contribution in [2.75, 3.05) is 0 Å². The molecular formula is C23H48. The summed E-state index contributed by atoms with van der Waals surface area (Å²) in [6, 6.07) is 0. The summed E-state index contributed by atoms with van der Waals surface area (Å²) >= 11 is 0. The molecule has 0 aromatic heterocycles. The Bertz CT molecular complexity index is 321. The molecule has 0 spiro atoms. The molecule has 0 saturated carbocycles. The van der Waals surface area contributed by atoms with Gasteiger partial charge in [-0.2, -0.15) is 0 Å². The Balaban J connectivity index is 4.96. The monoisotopic (exact) mass is 324 g/mol. The summed E-state index contributed by atoms with van der Waals surface area (Å²) in [5.41, 5.74) is 0.404. The van der Waals surface area contributed by atoms with E-state index in [9.17, 15) is 0 Å². The highest BCUT2D eigenvalue weighted by Gasteiger charge is 2.35. The third-order valence-corrected chi connectivity index (χ3v) is 8.18. The van der Waals surface area contributed by atoms with Crippen LogP contribution in [-0.2, 0) is 0 Å². The highest BCUT2D eigenvalue weighted by Crippen LogP contribution is 2.42. The Kier molecular flexibility index (Phi) is 8.91. The zero-order chi connectivity index (χ0) is 18.7. The van der Waals surface area contributed by atoms with Gasteiger partial charge >= 0.3 is 0 Å². The van der Waals surface area contributed by atoms with Crippen LogP contribution in [0.3, 0.4) is 0 Å². The zero-order valence-corrected chi connectivity index (χ0v) is 18.7. The fourth-order valence-electron chi connectivity index (χ4n) is 4.25. The maximum absolute atomic E-state index is 2.50. The van der Waals surface area contributed by atoms with Crippen molar-refractivity contribution >= 4 is 0 Å². The second-order valence-electron chi connectivity index (χ2n) is 10.4. The fourth-order valence-corrected chi connectivity index (χ4v) is 4.25. The second kappa shape index (κ2) is 8.91. The van der Waals surface area contributed by atoms with Gasteiger partial charge in [-0.1, -0.05) is 90.0 Å². The van der Waals surface area contributed by atoms with Crippen molar-refractivity contribution in [3.05, 3.63) is 0 Å². The lowest BCUT2D eigenvalue weighted by Gasteiger charge is -2.42. The third-order valence-electron chi connectivity index (χ3n) is 8.18. The molecule has 23 heavy (non-hydrogen) atoms. The van der Waals surface area contributed by atoms with Gasteiger partial charge in [0.15, 0.2) is 0 Å². The Hall–Kier alpha value is 0. The minimum Gasteiger partial charge on any atom is -0.0625 e. The van der Waals surface area contributed by atoms with Gasteiger partial charge in [-0.05, 0) is 58.7 Å². The van der Waals surface area contributed by atoms with Crippen molar-refractivity contribution in [2.24, 2.45) is 58.7 Å². The molecule has 0 radical (unpaired) electrons. The maximum Gasteiger partial charge on any atom is -0.0354 e. The molecule has 0 nitrogen and oxygen atoms in total. The molecule has 0 aliphatic heterocycles. The van der Waals surface area contributed by atoms with Gasteiger partial charge in [0.1, 0.15) is 0 Å². The molecule has 0 aliphatic rings. The van der Waals surface area contributed by atoms with Crippen LogP contribution in [0.5, 0.6) is 0 Å². The van der Waals surface area contributed by atoms with Gasteiger partial charge in [-0.3, -0.25) is 0 Å². The van der Waals surface area contributed by atoms with Crippen LogP contribution in [-0.4, -0.2) is 0 Å². The fraction of sp³-hybridized carbons (Fsp3) is 1.00. The molecule has 0 bridgehead atoms. The van der Waals surface area contributed by atoms with Crippen LogP contribution in [0.25, 0.3) is 0 Å². The molecule has 0 saturated heterocycles. The molecule has 8 unspecified atom stereocenters. The second-order valence-corrected chi connectivity index (χ2v) is 10.4. The first-order valence-corrected chi connectivity index (χ1v) is 10.2. The van der Waals surface area contributed by atoms with Crippen molar-refractivity contribution < 1.29 is 0 Å². The summed E-state index contributed by atoms with van der Waals surface area (Å²) in [5, 5.41) is 0. The van der Waals surface area contributed by atoms with E-state index in [0.29, 0.717) is 5.41 Å². The van der Waals surface area contributed by atoms with E-state index in [1.165, 1.54) is 0 Å². The maximum atomic E-state index is 2.50. The number of hydrogen-bond acceptors (Lipinski definition) is 0. The van der Waals surface area contributed by atoms with Crippen LogP contribution >= 0.6 is 0 Å². The smallest absolute Gasteiger partial charge is 0.0354 e. The first-order valence-electron chi connectivity index (χ1n) is 10.2. The average molecular weight is 325 g/mol. The summed E-state index contributed by atoms with van der Waals surface area (Å²) in [6.45, 7) is 31.8. The van der Waals surface area contributed by atoms with Gasteiger partial charge in [0.2, 0.25) is 0 Å². The predicted octanol–water partition coefficient (Wildman–Crippen LogP) is 7.78. The quantitative estimate of drug-likeness (QED) is 0.427. The third kappa shape index (κ3) is 6.09. The van der Waals surface area contributed by atoms with E-state index >= 15 is 0 Å². The predicted molar refractivity (Wildman–Crippen MR) is 108 cm³/mol. The lowest BCUT2D eigenvalue weighted by atomic mass is 9.63. The molecule has 8 atom stereocenters. The van der Waals surface area contributed by atoms with E-state index in [1.807, 2.05) is 0 Å². The van der Waals surface area contributed by atoms with Crippen LogP contribution in [0.15, 0.2) is 0 Å². The SMILES string of the molecule is CC(C)C(C)C(C)C(C)C(C)C(C)C(C)C(C)C(C)C(C)(C)C. The van der Waals surface area contributed by atoms with Gasteiger partial charge in [-0.15, -0.1) is 0 Å². The minimum absolute atomic E-state index is 0.404. The molecule has 0 fully saturated rings. The van der Waals surface area contributed by atoms with Crippen LogP contribution in [0.2, 0.25) is 0 Å². The molecule has 0 aromatic rings. The van der Waals surface area contributed by atoms with Gasteiger partial charge in [0, 0.05) is 0 Å². The minimum atomic E-state index is 0.404. The highest BCUT2D eigenvalue weighted by molar-refractivity contribution is 4.84. The Morgan fingerprint density at radius 1 is 0.391 bits per heavy atom. The highest BCUT2D eigenvalue weighted by atomic mass is 14.4. The van der Waals surface area contributed by atoms with Crippen molar-refractivity contribution in [1.82, 2.24) is 0 Å². The van der Waals surface area contributed by atoms with Crippen molar-refractivity contribution in [3.63, 3.8) is 0 Å². The lowest BCUT2D eigenvalue weighted by Crippen LogP contribution is -2.35. The first-order chi connectivity index (χ1) is 10.2. The van der Waals surface area contributed by atoms with Crippen molar-refractivity contribution in [2.45, 2.75) is 90.0 Å². The summed E-state index contributed by atoms with van der Waals surface area (Å²) in [5.74, 6) is 7.07. The van der Waals surface area contributed by atoms with E-state index in [-0.39, 0.29) is 0 Å². The lowest BCUT2D eigenvalue weighted by molar-refractivity contribution is 0.0673. The van der Waals surface area contributed by atoms with E-state index in [2.05, 4.69) is 90.0 Å². The van der Waals surface area contributed by atoms with Gasteiger partial charge < -0.3 is 0 Å². The molecule has 0 aromatic carbocycles. The zero-order valence-electron chi connectivity index (χ0n) is 18.7. The van der Waals surface area contributed by atoms with Crippen LogP contribution in [0.1, 0.15) is 90.0 Å². The first kappa shape index (κ1) is 23.0. The summed E-state index contributed by atoms with van der Waals surface area (Å²) in [6.07, 6.45) is 0. The topological polar surface area (TPSA) is 0 Å². The van der Waals surface area contributed by atoms with Gasteiger partial charge in [0.05, 0.1) is 0 Å². The molecule has 0 aliphatic carbocycles. The molecule has 140 valence electrons. The van der Waals surface area contributed by atoms with Gasteiger partial charge in [0.25, 0.3) is 0 Å². The molecule has 0 rings (SSSR count). The summed E-state index contributed by atoms with van der Waals surface area (Å²) in [4.78, 5) is 0. The Morgan fingerprint density at radius 3 is 0.913 bits per heavy atom. The number of hydrogen-bond donors (Lipinski definition) is 0. The van der Waals surface area contributed by atoms with Gasteiger partial charge in [-0.25, -0.2) is 0 Å². The molecule has 0 amide bonds. The Labute approximate surface area is 149 Å². The van der Waals surface area contributed by atoms with Crippen molar-refractivity contribution in [3.8, 4) is 0 Å².